The fourth-order valence-corrected chi connectivity index (χ4v) is 2.13. The van der Waals surface area contributed by atoms with E-state index in [9.17, 15) is 14.9 Å². The van der Waals surface area contributed by atoms with Crippen LogP contribution >= 0.6 is 0 Å². The highest BCUT2D eigenvalue weighted by atomic mass is 16.6. The second-order valence-corrected chi connectivity index (χ2v) is 5.15. The van der Waals surface area contributed by atoms with Crippen molar-refractivity contribution >= 4 is 11.6 Å². The third kappa shape index (κ3) is 4.29. The molecule has 0 saturated heterocycles. The van der Waals surface area contributed by atoms with E-state index in [0.717, 1.165) is 5.75 Å². The van der Waals surface area contributed by atoms with Crippen LogP contribution in [-0.4, -0.2) is 35.9 Å². The lowest BCUT2D eigenvalue weighted by Gasteiger charge is -2.17. The molecule has 2 aromatic carbocycles. The monoisotopic (exact) mass is 314 g/mol. The van der Waals surface area contributed by atoms with Gasteiger partial charge in [0.2, 0.25) is 0 Å². The van der Waals surface area contributed by atoms with E-state index in [2.05, 4.69) is 0 Å². The maximum absolute atomic E-state index is 12.3. The second-order valence-electron chi connectivity index (χ2n) is 5.15. The fraction of sp³-hybridized carbons (Fsp3) is 0.235. The maximum Gasteiger partial charge on any atom is 0.272 e. The molecule has 0 saturated carbocycles. The van der Waals surface area contributed by atoms with Crippen molar-refractivity contribution in [3.63, 3.8) is 0 Å². The highest BCUT2D eigenvalue weighted by molar-refractivity contribution is 5.94. The first-order chi connectivity index (χ1) is 11.0. The molecule has 0 heterocycles. The number of likely N-dealkylation sites (N-methyl/N-ethyl adjacent to an activating group) is 1. The fourth-order valence-electron chi connectivity index (χ4n) is 2.13. The van der Waals surface area contributed by atoms with Crippen molar-refractivity contribution in [3.05, 3.63) is 69.8 Å². The summed E-state index contributed by atoms with van der Waals surface area (Å²) in [5, 5.41) is 10.8. The molecule has 0 aliphatic rings. The average Bonchev–Trinajstić information content (AvgIpc) is 2.54. The minimum absolute atomic E-state index is 0.0108. The molecule has 23 heavy (non-hydrogen) atoms. The van der Waals surface area contributed by atoms with Crippen LogP contribution in [-0.2, 0) is 0 Å². The van der Waals surface area contributed by atoms with Gasteiger partial charge in [-0.15, -0.1) is 0 Å². The Kier molecular flexibility index (Phi) is 5.30. The first-order valence-corrected chi connectivity index (χ1v) is 7.17. The Balaban J connectivity index is 1.94. The predicted octanol–water partition coefficient (Wildman–Crippen LogP) is 3.05. The first-order valence-electron chi connectivity index (χ1n) is 7.17. The molecule has 0 fully saturated rings. The summed E-state index contributed by atoms with van der Waals surface area (Å²) in [6.07, 6.45) is 0. The standard InChI is InChI=1S/C17H18N2O4/c1-13-12-14(8-9-16(13)19(21)22)17(20)18(2)10-11-23-15-6-4-3-5-7-15/h3-9,12H,10-11H2,1-2H3. The van der Waals surface area contributed by atoms with Crippen LogP contribution < -0.4 is 4.74 Å². The Morgan fingerprint density at radius 2 is 1.91 bits per heavy atom. The molecule has 0 unspecified atom stereocenters. The van der Waals surface area contributed by atoms with E-state index in [1.54, 1.807) is 14.0 Å². The lowest BCUT2D eigenvalue weighted by molar-refractivity contribution is -0.385. The number of hydrogen-bond acceptors (Lipinski definition) is 4. The number of nitrogens with zero attached hydrogens (tertiary/aromatic N) is 2. The van der Waals surface area contributed by atoms with Crippen LogP contribution in [0.3, 0.4) is 0 Å². The van der Waals surface area contributed by atoms with E-state index >= 15 is 0 Å². The van der Waals surface area contributed by atoms with Crippen LogP contribution in [0.25, 0.3) is 0 Å². The van der Waals surface area contributed by atoms with Crippen LogP contribution in [0.4, 0.5) is 5.69 Å². The number of hydrogen-bond donors (Lipinski definition) is 0. The van der Waals surface area contributed by atoms with Crippen molar-refractivity contribution < 1.29 is 14.5 Å². The maximum atomic E-state index is 12.3. The van der Waals surface area contributed by atoms with Gasteiger partial charge in [0.05, 0.1) is 11.5 Å². The van der Waals surface area contributed by atoms with Gasteiger partial charge in [0.1, 0.15) is 12.4 Å². The topological polar surface area (TPSA) is 72.7 Å². The number of ether oxygens (including phenoxy) is 1. The molecule has 120 valence electrons. The molecule has 0 atom stereocenters. The largest absolute Gasteiger partial charge is 0.492 e. The number of aryl methyl sites for hydroxylation is 1. The number of benzene rings is 2. The van der Waals surface area contributed by atoms with Gasteiger partial charge in [-0.25, -0.2) is 0 Å². The van der Waals surface area contributed by atoms with Crippen LogP contribution in [0, 0.1) is 17.0 Å². The highest BCUT2D eigenvalue weighted by Crippen LogP contribution is 2.19. The van der Waals surface area contributed by atoms with Crippen molar-refractivity contribution in [2.45, 2.75) is 6.92 Å². The number of nitro benzene ring substituents is 1. The zero-order valence-electron chi connectivity index (χ0n) is 13.1. The van der Waals surface area contributed by atoms with Crippen LogP contribution in [0.2, 0.25) is 0 Å². The Bertz CT molecular complexity index is 701. The van der Waals surface area contributed by atoms with Gasteiger partial charge in [-0.2, -0.15) is 0 Å². The Morgan fingerprint density at radius 1 is 1.22 bits per heavy atom. The predicted molar refractivity (Wildman–Crippen MR) is 86.7 cm³/mol. The number of rotatable bonds is 6. The van der Waals surface area contributed by atoms with Gasteiger partial charge in [-0.1, -0.05) is 18.2 Å². The average molecular weight is 314 g/mol. The van der Waals surface area contributed by atoms with Crippen LogP contribution in [0.1, 0.15) is 15.9 Å². The van der Waals surface area contributed by atoms with Gasteiger partial charge in [0.25, 0.3) is 11.6 Å². The van der Waals surface area contributed by atoms with Crippen molar-refractivity contribution in [1.29, 1.82) is 0 Å². The van der Waals surface area contributed by atoms with Gasteiger partial charge in [0, 0.05) is 24.2 Å². The van der Waals surface area contributed by atoms with Crippen molar-refractivity contribution in [2.24, 2.45) is 0 Å². The van der Waals surface area contributed by atoms with E-state index in [1.165, 1.54) is 23.1 Å². The summed E-state index contributed by atoms with van der Waals surface area (Å²) in [6.45, 7) is 2.41. The SMILES string of the molecule is Cc1cc(C(=O)N(C)CCOc2ccccc2)ccc1[N+](=O)[O-]. The van der Waals surface area contributed by atoms with E-state index in [-0.39, 0.29) is 11.6 Å². The third-order valence-electron chi connectivity index (χ3n) is 3.43. The number of para-hydroxylation sites is 1. The molecule has 0 bridgehead atoms. The third-order valence-corrected chi connectivity index (χ3v) is 3.43. The first kappa shape index (κ1) is 16.5. The van der Waals surface area contributed by atoms with E-state index in [0.29, 0.717) is 24.3 Å². The lowest BCUT2D eigenvalue weighted by Crippen LogP contribution is -2.30. The van der Waals surface area contributed by atoms with Crippen molar-refractivity contribution in [1.82, 2.24) is 4.90 Å². The molecule has 0 aromatic heterocycles. The molecule has 2 aromatic rings. The number of carbonyl (C=O) groups excluding carboxylic acids is 1. The Labute approximate surface area is 134 Å². The van der Waals surface area contributed by atoms with Gasteiger partial charge >= 0.3 is 0 Å². The minimum atomic E-state index is -0.457. The van der Waals surface area contributed by atoms with E-state index < -0.39 is 4.92 Å². The van der Waals surface area contributed by atoms with Gasteiger partial charge in [-0.3, -0.25) is 14.9 Å². The molecular formula is C17H18N2O4. The summed E-state index contributed by atoms with van der Waals surface area (Å²) in [5.41, 5.74) is 0.904. The van der Waals surface area contributed by atoms with Gasteiger partial charge < -0.3 is 9.64 Å². The molecule has 0 N–H and O–H groups in total. The van der Waals surface area contributed by atoms with Crippen molar-refractivity contribution in [3.8, 4) is 5.75 Å². The van der Waals surface area contributed by atoms with Crippen LogP contribution in [0.15, 0.2) is 48.5 Å². The number of carbonyl (C=O) groups is 1. The summed E-state index contributed by atoms with van der Waals surface area (Å²) in [6, 6.07) is 13.7. The molecule has 2 rings (SSSR count). The van der Waals surface area contributed by atoms with E-state index in [1.807, 2.05) is 30.3 Å². The van der Waals surface area contributed by atoms with E-state index in [4.69, 9.17) is 4.74 Å². The second kappa shape index (κ2) is 7.40. The summed E-state index contributed by atoms with van der Waals surface area (Å²) in [4.78, 5) is 24.2. The quantitative estimate of drug-likeness (QED) is 0.607. The molecule has 0 aliphatic carbocycles. The number of nitro groups is 1. The molecule has 6 heteroatoms. The smallest absolute Gasteiger partial charge is 0.272 e. The molecule has 0 aliphatic heterocycles. The molecular weight excluding hydrogens is 296 g/mol. The minimum Gasteiger partial charge on any atom is -0.492 e. The summed E-state index contributed by atoms with van der Waals surface area (Å²) in [7, 11) is 1.67. The lowest BCUT2D eigenvalue weighted by atomic mass is 10.1. The molecule has 0 radical (unpaired) electrons. The molecule has 6 nitrogen and oxygen atoms in total. The van der Waals surface area contributed by atoms with Crippen LogP contribution in [0.5, 0.6) is 5.75 Å². The zero-order valence-corrected chi connectivity index (χ0v) is 13.1. The normalized spacial score (nSPS) is 10.2. The summed E-state index contributed by atoms with van der Waals surface area (Å²) < 4.78 is 5.55. The van der Waals surface area contributed by atoms with Gasteiger partial charge in [0.15, 0.2) is 0 Å². The van der Waals surface area contributed by atoms with Gasteiger partial charge in [-0.05, 0) is 31.2 Å². The highest BCUT2D eigenvalue weighted by Gasteiger charge is 2.16. The van der Waals surface area contributed by atoms with Crippen molar-refractivity contribution in [2.75, 3.05) is 20.2 Å². The molecule has 1 amide bonds. The summed E-state index contributed by atoms with van der Waals surface area (Å²) >= 11 is 0. The Hall–Kier alpha value is -2.89. The molecule has 0 spiro atoms. The zero-order chi connectivity index (χ0) is 16.8. The Morgan fingerprint density at radius 3 is 2.52 bits per heavy atom. The summed E-state index contributed by atoms with van der Waals surface area (Å²) in [5.74, 6) is 0.555. The number of amides is 1.